The van der Waals surface area contributed by atoms with Crippen molar-refractivity contribution in [2.45, 2.75) is 53.1 Å². The molecule has 1 N–H and O–H groups in total. The van der Waals surface area contributed by atoms with Crippen LogP contribution in [-0.4, -0.2) is 19.1 Å². The molecule has 2 rings (SSSR count). The molecule has 0 saturated carbocycles. The molecule has 0 saturated heterocycles. The predicted molar refractivity (Wildman–Crippen MR) is 74.5 cm³/mol. The lowest BCUT2D eigenvalue weighted by Gasteiger charge is -2.09. The van der Waals surface area contributed by atoms with E-state index < -0.39 is 0 Å². The fraction of sp³-hybridized carbons (Fsp3) is 0.615. The molecule has 0 aliphatic heterocycles. The van der Waals surface area contributed by atoms with Crippen molar-refractivity contribution in [1.29, 1.82) is 0 Å². The standard InChI is InChI=1S/C13H20N4O2/c1-4-6-7-8-17-11-10(14-9(3)15-11)12(18)16(5-2)13(17)19/h4-8H2,1-3H3,(H,14,15). The molecule has 0 atom stereocenters. The van der Waals surface area contributed by atoms with E-state index in [0.717, 1.165) is 19.3 Å². The van der Waals surface area contributed by atoms with Gasteiger partial charge in [-0.2, -0.15) is 0 Å². The first-order valence-corrected chi connectivity index (χ1v) is 6.80. The quantitative estimate of drug-likeness (QED) is 0.830. The SMILES string of the molecule is CCCCCn1c(=O)n(CC)c(=O)c2[nH]c(C)nc21. The number of unbranched alkanes of at least 4 members (excludes halogenated alkanes) is 2. The molecule has 2 heterocycles. The summed E-state index contributed by atoms with van der Waals surface area (Å²) in [5.74, 6) is 0.657. The lowest BCUT2D eigenvalue weighted by atomic mass is 10.2. The van der Waals surface area contributed by atoms with Gasteiger partial charge in [0.05, 0.1) is 0 Å². The summed E-state index contributed by atoms with van der Waals surface area (Å²) in [5.41, 5.74) is 0.362. The Balaban J connectivity index is 2.66. The maximum Gasteiger partial charge on any atom is 0.332 e. The fourth-order valence-corrected chi connectivity index (χ4v) is 2.28. The molecular formula is C13H20N4O2. The van der Waals surface area contributed by atoms with Gasteiger partial charge < -0.3 is 4.98 Å². The molecule has 19 heavy (non-hydrogen) atoms. The Bertz CT molecular complexity index is 693. The zero-order valence-corrected chi connectivity index (χ0v) is 11.7. The smallest absolute Gasteiger partial charge is 0.332 e. The zero-order chi connectivity index (χ0) is 14.0. The molecule has 0 aromatic carbocycles. The van der Waals surface area contributed by atoms with Gasteiger partial charge in [0.2, 0.25) is 0 Å². The highest BCUT2D eigenvalue weighted by molar-refractivity contribution is 5.69. The minimum atomic E-state index is -0.283. The van der Waals surface area contributed by atoms with Crippen LogP contribution in [0, 0.1) is 6.92 Å². The summed E-state index contributed by atoms with van der Waals surface area (Å²) in [6.45, 7) is 6.68. The van der Waals surface area contributed by atoms with E-state index in [0.29, 0.717) is 30.1 Å². The number of hydrogen-bond acceptors (Lipinski definition) is 3. The number of H-pyrrole nitrogens is 1. The Morgan fingerprint density at radius 1 is 1.16 bits per heavy atom. The molecule has 0 amide bonds. The normalized spacial score (nSPS) is 11.3. The molecule has 0 radical (unpaired) electrons. The van der Waals surface area contributed by atoms with Crippen LogP contribution in [0.1, 0.15) is 38.9 Å². The van der Waals surface area contributed by atoms with Gasteiger partial charge in [-0.25, -0.2) is 9.78 Å². The molecule has 0 aliphatic rings. The van der Waals surface area contributed by atoms with Crippen molar-refractivity contribution in [3.8, 4) is 0 Å². The summed E-state index contributed by atoms with van der Waals surface area (Å²) in [6, 6.07) is 0. The zero-order valence-electron chi connectivity index (χ0n) is 11.7. The van der Waals surface area contributed by atoms with Crippen LogP contribution in [0.2, 0.25) is 0 Å². The van der Waals surface area contributed by atoms with E-state index in [2.05, 4.69) is 16.9 Å². The molecule has 0 spiro atoms. The van der Waals surface area contributed by atoms with E-state index in [1.807, 2.05) is 0 Å². The topological polar surface area (TPSA) is 72.7 Å². The van der Waals surface area contributed by atoms with Crippen molar-refractivity contribution < 1.29 is 0 Å². The molecule has 104 valence electrons. The largest absolute Gasteiger partial charge is 0.336 e. The van der Waals surface area contributed by atoms with Crippen LogP contribution < -0.4 is 11.2 Å². The number of aryl methyl sites for hydroxylation is 2. The number of fused-ring (bicyclic) bond motifs is 1. The van der Waals surface area contributed by atoms with E-state index >= 15 is 0 Å². The van der Waals surface area contributed by atoms with Gasteiger partial charge in [0.1, 0.15) is 11.3 Å². The average molecular weight is 264 g/mol. The molecule has 0 fully saturated rings. The van der Waals surface area contributed by atoms with Crippen LogP contribution in [0.4, 0.5) is 0 Å². The van der Waals surface area contributed by atoms with Gasteiger partial charge in [-0.15, -0.1) is 0 Å². The Hall–Kier alpha value is -1.85. The van der Waals surface area contributed by atoms with Crippen LogP contribution in [0.25, 0.3) is 11.2 Å². The molecule has 0 bridgehead atoms. The van der Waals surface area contributed by atoms with Crippen LogP contribution in [0.5, 0.6) is 0 Å². The summed E-state index contributed by atoms with van der Waals surface area (Å²) in [5, 5.41) is 0. The lowest BCUT2D eigenvalue weighted by Crippen LogP contribution is -2.39. The number of imidazole rings is 1. The van der Waals surface area contributed by atoms with Crippen molar-refractivity contribution in [3.05, 3.63) is 26.7 Å². The minimum Gasteiger partial charge on any atom is -0.336 e. The first-order chi connectivity index (χ1) is 9.10. The number of nitrogens with zero attached hydrogens (tertiary/aromatic N) is 3. The van der Waals surface area contributed by atoms with Crippen LogP contribution in [-0.2, 0) is 13.1 Å². The number of aromatic amines is 1. The Labute approximate surface area is 111 Å². The highest BCUT2D eigenvalue weighted by atomic mass is 16.2. The number of nitrogens with one attached hydrogen (secondary N) is 1. The molecular weight excluding hydrogens is 244 g/mol. The fourth-order valence-electron chi connectivity index (χ4n) is 2.28. The van der Waals surface area contributed by atoms with Crippen molar-refractivity contribution >= 4 is 11.2 Å². The predicted octanol–water partition coefficient (Wildman–Crippen LogP) is 1.40. The highest BCUT2D eigenvalue weighted by Gasteiger charge is 2.14. The summed E-state index contributed by atoms with van der Waals surface area (Å²) < 4.78 is 2.87. The van der Waals surface area contributed by atoms with E-state index in [1.165, 1.54) is 4.57 Å². The van der Waals surface area contributed by atoms with Gasteiger partial charge in [-0.1, -0.05) is 19.8 Å². The van der Waals surface area contributed by atoms with Crippen LogP contribution >= 0.6 is 0 Å². The molecule has 2 aromatic rings. The van der Waals surface area contributed by atoms with E-state index in [-0.39, 0.29) is 11.2 Å². The Kier molecular flexibility index (Phi) is 3.87. The summed E-state index contributed by atoms with van der Waals surface area (Å²) >= 11 is 0. The molecule has 0 aliphatic carbocycles. The molecule has 0 unspecified atom stereocenters. The van der Waals surface area contributed by atoms with Gasteiger partial charge in [0.25, 0.3) is 5.56 Å². The van der Waals surface area contributed by atoms with Crippen LogP contribution in [0.3, 0.4) is 0 Å². The van der Waals surface area contributed by atoms with E-state index in [4.69, 9.17) is 0 Å². The average Bonchev–Trinajstić information content (AvgIpc) is 2.76. The minimum absolute atomic E-state index is 0.261. The third-order valence-electron chi connectivity index (χ3n) is 3.28. The number of aromatic nitrogens is 4. The lowest BCUT2D eigenvalue weighted by molar-refractivity contribution is 0.549. The maximum absolute atomic E-state index is 12.3. The van der Waals surface area contributed by atoms with Crippen molar-refractivity contribution in [2.75, 3.05) is 0 Å². The van der Waals surface area contributed by atoms with Crippen molar-refractivity contribution in [2.24, 2.45) is 0 Å². The van der Waals surface area contributed by atoms with Gasteiger partial charge >= 0.3 is 5.69 Å². The third kappa shape index (κ3) is 2.34. The molecule has 2 aromatic heterocycles. The highest BCUT2D eigenvalue weighted by Crippen LogP contribution is 2.06. The first kappa shape index (κ1) is 13.6. The van der Waals surface area contributed by atoms with Gasteiger partial charge in [0, 0.05) is 13.1 Å². The maximum atomic E-state index is 12.3. The van der Waals surface area contributed by atoms with E-state index in [1.54, 1.807) is 18.4 Å². The Morgan fingerprint density at radius 3 is 2.53 bits per heavy atom. The molecule has 6 heteroatoms. The first-order valence-electron chi connectivity index (χ1n) is 6.80. The number of rotatable bonds is 5. The van der Waals surface area contributed by atoms with Crippen molar-refractivity contribution in [3.63, 3.8) is 0 Å². The molecule has 6 nitrogen and oxygen atoms in total. The summed E-state index contributed by atoms with van der Waals surface area (Å²) in [7, 11) is 0. The van der Waals surface area contributed by atoms with Crippen molar-refractivity contribution in [1.82, 2.24) is 19.1 Å². The summed E-state index contributed by atoms with van der Waals surface area (Å²) in [4.78, 5) is 31.7. The third-order valence-corrected chi connectivity index (χ3v) is 3.28. The second-order valence-electron chi connectivity index (χ2n) is 4.71. The Morgan fingerprint density at radius 2 is 1.89 bits per heavy atom. The monoisotopic (exact) mass is 264 g/mol. The van der Waals surface area contributed by atoms with Crippen LogP contribution in [0.15, 0.2) is 9.59 Å². The summed E-state index contributed by atoms with van der Waals surface area (Å²) in [6.07, 6.45) is 3.06. The number of hydrogen-bond donors (Lipinski definition) is 1. The van der Waals surface area contributed by atoms with Gasteiger partial charge in [0.15, 0.2) is 5.65 Å². The van der Waals surface area contributed by atoms with E-state index in [9.17, 15) is 9.59 Å². The second kappa shape index (κ2) is 5.42. The second-order valence-corrected chi connectivity index (χ2v) is 4.71. The van der Waals surface area contributed by atoms with Gasteiger partial charge in [-0.05, 0) is 20.3 Å². The van der Waals surface area contributed by atoms with Gasteiger partial charge in [-0.3, -0.25) is 13.9 Å².